The summed E-state index contributed by atoms with van der Waals surface area (Å²) >= 11 is 0. The molecule has 0 unspecified atom stereocenters. The summed E-state index contributed by atoms with van der Waals surface area (Å²) in [6, 6.07) is 11.0. The predicted molar refractivity (Wildman–Crippen MR) is 94.5 cm³/mol. The molecule has 0 aliphatic carbocycles. The van der Waals surface area contributed by atoms with Crippen LogP contribution in [0.3, 0.4) is 0 Å². The number of pyridine rings is 1. The zero-order valence-electron chi connectivity index (χ0n) is 13.5. The quantitative estimate of drug-likeness (QED) is 0.571. The van der Waals surface area contributed by atoms with Crippen LogP contribution in [-0.2, 0) is 6.54 Å². The van der Waals surface area contributed by atoms with Gasteiger partial charge in [-0.1, -0.05) is 18.2 Å². The molecule has 6 nitrogen and oxygen atoms in total. The number of fused-ring (bicyclic) bond motifs is 1. The number of H-pyrrole nitrogens is 1. The Labute approximate surface area is 138 Å². The Morgan fingerprint density at radius 1 is 1.29 bits per heavy atom. The fourth-order valence-corrected chi connectivity index (χ4v) is 2.64. The fraction of sp³-hybridized carbons (Fsp3) is 0.167. The summed E-state index contributed by atoms with van der Waals surface area (Å²) in [5.74, 6) is -0.517. The molecule has 2 N–H and O–H groups in total. The first-order chi connectivity index (χ1) is 11.6. The summed E-state index contributed by atoms with van der Waals surface area (Å²) in [7, 11) is 0. The number of aryl methyl sites for hydroxylation is 2. The lowest BCUT2D eigenvalue weighted by Gasteiger charge is -2.04. The minimum absolute atomic E-state index is 0.0761. The first-order valence-corrected chi connectivity index (χ1v) is 7.72. The van der Waals surface area contributed by atoms with Gasteiger partial charge in [0, 0.05) is 34.9 Å². The molecule has 0 radical (unpaired) electrons. The predicted octanol–water partition coefficient (Wildman–Crippen LogP) is 2.42. The highest BCUT2D eigenvalue weighted by Gasteiger charge is 2.11. The van der Waals surface area contributed by atoms with E-state index >= 15 is 0 Å². The number of nitrogens with zero attached hydrogens (tertiary/aromatic N) is 2. The molecule has 0 saturated carbocycles. The Bertz CT molecular complexity index is 982. The van der Waals surface area contributed by atoms with Gasteiger partial charge in [-0.05, 0) is 32.0 Å². The van der Waals surface area contributed by atoms with E-state index in [9.17, 15) is 9.59 Å². The van der Waals surface area contributed by atoms with E-state index in [2.05, 4.69) is 15.5 Å². The summed E-state index contributed by atoms with van der Waals surface area (Å²) in [6.07, 6.45) is 3.24. The summed E-state index contributed by atoms with van der Waals surface area (Å²) in [4.78, 5) is 27.5. The number of benzene rings is 1. The Balaban J connectivity index is 1.82. The molecule has 0 bridgehead atoms. The van der Waals surface area contributed by atoms with E-state index in [1.165, 1.54) is 10.6 Å². The number of nitrogens with one attached hydrogen (secondary N) is 2. The molecule has 0 fully saturated rings. The second kappa shape index (κ2) is 6.54. The maximum absolute atomic E-state index is 12.2. The highest BCUT2D eigenvalue weighted by molar-refractivity contribution is 6.01. The lowest BCUT2D eigenvalue weighted by molar-refractivity contribution is 0.0953. The van der Waals surface area contributed by atoms with Crippen molar-refractivity contribution < 1.29 is 4.79 Å². The first-order valence-electron chi connectivity index (χ1n) is 7.72. The molecule has 3 aromatic rings. The molecule has 0 aliphatic rings. The van der Waals surface area contributed by atoms with Gasteiger partial charge < -0.3 is 9.55 Å². The average molecular weight is 322 g/mol. The molecule has 0 aliphatic heterocycles. The van der Waals surface area contributed by atoms with E-state index in [4.69, 9.17) is 0 Å². The summed E-state index contributed by atoms with van der Waals surface area (Å²) < 4.78 is 1.47. The summed E-state index contributed by atoms with van der Waals surface area (Å²) in [6.45, 7) is 4.30. The molecule has 0 atom stereocenters. The molecule has 1 aromatic carbocycles. The topological polar surface area (TPSA) is 79.2 Å². The van der Waals surface area contributed by atoms with Gasteiger partial charge in [0.2, 0.25) is 0 Å². The van der Waals surface area contributed by atoms with Crippen molar-refractivity contribution in [2.75, 3.05) is 0 Å². The largest absolute Gasteiger partial charge is 0.358 e. The van der Waals surface area contributed by atoms with E-state index in [0.29, 0.717) is 6.54 Å². The molecule has 6 heteroatoms. The number of hydrogen-bond donors (Lipinski definition) is 2. The van der Waals surface area contributed by atoms with Crippen molar-refractivity contribution in [3.8, 4) is 0 Å². The monoisotopic (exact) mass is 322 g/mol. The zero-order chi connectivity index (χ0) is 17.1. The Kier molecular flexibility index (Phi) is 4.29. The van der Waals surface area contributed by atoms with Crippen LogP contribution >= 0.6 is 0 Å². The Morgan fingerprint density at radius 3 is 2.88 bits per heavy atom. The van der Waals surface area contributed by atoms with Crippen molar-refractivity contribution in [1.29, 1.82) is 0 Å². The number of aromatic amines is 1. The molecule has 122 valence electrons. The minimum Gasteiger partial charge on any atom is -0.358 e. The molecular weight excluding hydrogens is 304 g/mol. The average Bonchev–Trinajstić information content (AvgIpc) is 2.90. The van der Waals surface area contributed by atoms with E-state index in [1.54, 1.807) is 18.5 Å². The Hall–Kier alpha value is -3.15. The second-order valence-corrected chi connectivity index (χ2v) is 5.42. The van der Waals surface area contributed by atoms with Gasteiger partial charge in [-0.15, -0.1) is 0 Å². The van der Waals surface area contributed by atoms with Crippen LogP contribution in [0, 0.1) is 6.92 Å². The number of rotatable bonds is 4. The van der Waals surface area contributed by atoms with Gasteiger partial charge in [-0.25, -0.2) is 5.43 Å². The highest BCUT2D eigenvalue weighted by Crippen LogP contribution is 2.19. The van der Waals surface area contributed by atoms with E-state index in [-0.39, 0.29) is 11.1 Å². The normalized spacial score (nSPS) is 11.2. The standard InChI is InChI=1S/C18H18N4O2/c1-3-22-10-6-8-14(18(22)24)17(23)21-19-11-15-12(2)20-16-9-5-4-7-13(15)16/h4-11,20H,3H2,1-2H3,(H,21,23)/b19-11-. The van der Waals surface area contributed by atoms with Gasteiger partial charge >= 0.3 is 0 Å². The lowest BCUT2D eigenvalue weighted by atomic mass is 10.1. The number of hydrazone groups is 1. The van der Waals surface area contributed by atoms with E-state index in [0.717, 1.165) is 22.2 Å². The van der Waals surface area contributed by atoms with Crippen LogP contribution in [0.5, 0.6) is 0 Å². The van der Waals surface area contributed by atoms with Crippen LogP contribution in [0.4, 0.5) is 0 Å². The molecule has 0 saturated heterocycles. The van der Waals surface area contributed by atoms with Crippen molar-refractivity contribution >= 4 is 23.0 Å². The van der Waals surface area contributed by atoms with E-state index in [1.807, 2.05) is 38.1 Å². The van der Waals surface area contributed by atoms with Crippen LogP contribution < -0.4 is 11.0 Å². The van der Waals surface area contributed by atoms with Gasteiger partial charge in [0.15, 0.2) is 0 Å². The molecule has 0 spiro atoms. The summed E-state index contributed by atoms with van der Waals surface area (Å²) in [5.41, 5.74) is 5.06. The lowest BCUT2D eigenvalue weighted by Crippen LogP contribution is -2.30. The number of carbonyl (C=O) groups excluding carboxylic acids is 1. The molecule has 1 amide bonds. The maximum atomic E-state index is 12.2. The third-order valence-corrected chi connectivity index (χ3v) is 3.91. The smallest absolute Gasteiger partial charge is 0.276 e. The summed E-state index contributed by atoms with van der Waals surface area (Å²) in [5, 5.41) is 5.03. The SMILES string of the molecule is CCn1cccc(C(=O)N/N=C\c2c(C)[nH]c3ccccc23)c1=O. The molecule has 24 heavy (non-hydrogen) atoms. The van der Waals surface area contributed by atoms with Crippen molar-refractivity contribution in [3.63, 3.8) is 0 Å². The second-order valence-electron chi connectivity index (χ2n) is 5.42. The van der Waals surface area contributed by atoms with Crippen LogP contribution in [0.2, 0.25) is 0 Å². The van der Waals surface area contributed by atoms with Gasteiger partial charge in [-0.3, -0.25) is 9.59 Å². The van der Waals surface area contributed by atoms with Crippen molar-refractivity contribution in [2.24, 2.45) is 5.10 Å². The zero-order valence-corrected chi connectivity index (χ0v) is 13.5. The van der Waals surface area contributed by atoms with E-state index < -0.39 is 5.91 Å². The number of amides is 1. The number of aromatic nitrogens is 2. The number of para-hydroxylation sites is 1. The first kappa shape index (κ1) is 15.7. The van der Waals surface area contributed by atoms with Gasteiger partial charge in [0.05, 0.1) is 6.21 Å². The number of carbonyl (C=O) groups is 1. The van der Waals surface area contributed by atoms with Gasteiger partial charge in [0.1, 0.15) is 5.56 Å². The van der Waals surface area contributed by atoms with Gasteiger partial charge in [-0.2, -0.15) is 5.10 Å². The van der Waals surface area contributed by atoms with Gasteiger partial charge in [0.25, 0.3) is 11.5 Å². The molecule has 2 aromatic heterocycles. The minimum atomic E-state index is -0.517. The third kappa shape index (κ3) is 2.86. The Morgan fingerprint density at radius 2 is 2.08 bits per heavy atom. The van der Waals surface area contributed by atoms with Crippen LogP contribution in [0.1, 0.15) is 28.5 Å². The van der Waals surface area contributed by atoms with Crippen molar-refractivity contribution in [2.45, 2.75) is 20.4 Å². The molecular formula is C18H18N4O2. The third-order valence-electron chi connectivity index (χ3n) is 3.91. The van der Waals surface area contributed by atoms with Crippen LogP contribution in [-0.4, -0.2) is 21.7 Å². The number of hydrogen-bond acceptors (Lipinski definition) is 3. The highest BCUT2D eigenvalue weighted by atomic mass is 16.2. The van der Waals surface area contributed by atoms with Crippen molar-refractivity contribution in [1.82, 2.24) is 15.0 Å². The maximum Gasteiger partial charge on any atom is 0.276 e. The molecule has 3 rings (SSSR count). The van der Waals surface area contributed by atoms with Crippen LogP contribution in [0.15, 0.2) is 52.5 Å². The fourth-order valence-electron chi connectivity index (χ4n) is 2.64. The van der Waals surface area contributed by atoms with Crippen LogP contribution in [0.25, 0.3) is 10.9 Å². The van der Waals surface area contributed by atoms with Crippen molar-refractivity contribution in [3.05, 3.63) is 69.8 Å². The molecule has 2 heterocycles.